The highest BCUT2D eigenvalue weighted by atomic mass is 19.1. The first-order chi connectivity index (χ1) is 18.1. The lowest BCUT2D eigenvalue weighted by molar-refractivity contribution is -0.136. The lowest BCUT2D eigenvalue weighted by Gasteiger charge is -2.36. The van der Waals surface area contributed by atoms with E-state index in [1.165, 1.54) is 23.4 Å². The molecule has 4 aromatic rings. The third kappa shape index (κ3) is 4.48. The Hall–Kier alpha value is -4.41. The average molecular weight is 501 g/mol. The lowest BCUT2D eigenvalue weighted by Crippen LogP contribution is -2.51. The van der Waals surface area contributed by atoms with Gasteiger partial charge in [-0.15, -0.1) is 5.10 Å². The smallest absolute Gasteiger partial charge is 0.228 e. The Morgan fingerprint density at radius 3 is 2.59 bits per heavy atom. The molecule has 0 N–H and O–H groups in total. The summed E-state index contributed by atoms with van der Waals surface area (Å²) in [5, 5.41) is 8.65. The molecule has 1 unspecified atom stereocenters. The number of rotatable bonds is 5. The van der Waals surface area contributed by atoms with E-state index in [-0.39, 0.29) is 24.8 Å². The van der Waals surface area contributed by atoms with Crippen molar-refractivity contribution >= 4 is 34.5 Å². The number of piperazine rings is 1. The van der Waals surface area contributed by atoms with Gasteiger partial charge in [0.05, 0.1) is 12.5 Å². The van der Waals surface area contributed by atoms with Crippen molar-refractivity contribution in [3.05, 3.63) is 72.3 Å². The summed E-state index contributed by atoms with van der Waals surface area (Å²) >= 11 is 0. The van der Waals surface area contributed by atoms with Crippen molar-refractivity contribution in [3.63, 3.8) is 0 Å². The first kappa shape index (κ1) is 23.0. The molecule has 4 heterocycles. The van der Waals surface area contributed by atoms with Gasteiger partial charge in [0, 0.05) is 44.8 Å². The summed E-state index contributed by atoms with van der Waals surface area (Å²) in [5.74, 6) is -0.357. The maximum Gasteiger partial charge on any atom is 0.228 e. The first-order valence-electron chi connectivity index (χ1n) is 12.2. The molecule has 188 valence electrons. The van der Waals surface area contributed by atoms with E-state index >= 15 is 0 Å². The van der Waals surface area contributed by atoms with E-state index < -0.39 is 11.7 Å². The Labute approximate surface area is 212 Å². The Bertz CT molecular complexity index is 1450. The van der Waals surface area contributed by atoms with Crippen LogP contribution in [0, 0.1) is 11.7 Å². The summed E-state index contributed by atoms with van der Waals surface area (Å²) in [4.78, 5) is 40.1. The molecule has 2 aromatic carbocycles. The maximum absolute atomic E-state index is 13.6. The van der Waals surface area contributed by atoms with Gasteiger partial charge in [-0.25, -0.2) is 19.0 Å². The van der Waals surface area contributed by atoms with Gasteiger partial charge in [0.15, 0.2) is 17.0 Å². The van der Waals surface area contributed by atoms with Gasteiger partial charge < -0.3 is 14.7 Å². The monoisotopic (exact) mass is 500 g/mol. The fourth-order valence-corrected chi connectivity index (χ4v) is 5.04. The van der Waals surface area contributed by atoms with Crippen LogP contribution in [0.5, 0.6) is 0 Å². The van der Waals surface area contributed by atoms with Crippen LogP contribution in [0.2, 0.25) is 0 Å². The molecule has 0 saturated carbocycles. The number of fused-ring (bicyclic) bond motifs is 1. The fourth-order valence-electron chi connectivity index (χ4n) is 5.04. The average Bonchev–Trinajstić information content (AvgIpc) is 3.52. The third-order valence-electron chi connectivity index (χ3n) is 6.94. The van der Waals surface area contributed by atoms with Crippen LogP contribution in [0.15, 0.2) is 60.9 Å². The van der Waals surface area contributed by atoms with Gasteiger partial charge in [0.2, 0.25) is 11.8 Å². The van der Waals surface area contributed by atoms with Crippen molar-refractivity contribution in [1.82, 2.24) is 29.9 Å². The summed E-state index contributed by atoms with van der Waals surface area (Å²) < 4.78 is 15.4. The molecule has 0 radical (unpaired) electrons. The number of halogens is 1. The number of nitrogens with zero attached hydrogens (tertiary/aromatic N) is 8. The highest BCUT2D eigenvalue weighted by molar-refractivity contribution is 6.00. The van der Waals surface area contributed by atoms with E-state index in [0.717, 1.165) is 5.56 Å². The number of anilines is 2. The van der Waals surface area contributed by atoms with Crippen molar-refractivity contribution in [2.45, 2.75) is 13.0 Å². The fraction of sp³-hybridized carbons (Fsp3) is 0.308. The van der Waals surface area contributed by atoms with E-state index in [4.69, 9.17) is 0 Å². The molecule has 2 aliphatic rings. The van der Waals surface area contributed by atoms with E-state index in [9.17, 15) is 14.0 Å². The molecule has 0 bridgehead atoms. The Morgan fingerprint density at radius 2 is 1.81 bits per heavy atom. The second-order valence-electron chi connectivity index (χ2n) is 9.30. The molecule has 10 nitrogen and oxygen atoms in total. The van der Waals surface area contributed by atoms with Gasteiger partial charge in [-0.05, 0) is 23.8 Å². The summed E-state index contributed by atoms with van der Waals surface area (Å²) in [7, 11) is 0. The zero-order chi connectivity index (χ0) is 25.4. The highest BCUT2D eigenvalue weighted by Crippen LogP contribution is 2.28. The van der Waals surface area contributed by atoms with Gasteiger partial charge in [0.25, 0.3) is 0 Å². The Morgan fingerprint density at radius 1 is 1.00 bits per heavy atom. The van der Waals surface area contributed by atoms with Crippen molar-refractivity contribution in [3.8, 4) is 0 Å². The van der Waals surface area contributed by atoms with Crippen LogP contribution in [0.1, 0.15) is 12.0 Å². The minimum atomic E-state index is -0.439. The maximum atomic E-state index is 13.6. The molecule has 2 aliphatic heterocycles. The minimum absolute atomic E-state index is 0.0476. The van der Waals surface area contributed by atoms with Crippen LogP contribution in [0.25, 0.3) is 11.2 Å². The number of aromatic nitrogens is 5. The zero-order valence-corrected chi connectivity index (χ0v) is 20.1. The molecular weight excluding hydrogens is 475 g/mol. The van der Waals surface area contributed by atoms with E-state index in [1.54, 1.807) is 21.7 Å². The van der Waals surface area contributed by atoms with E-state index in [1.807, 2.05) is 30.3 Å². The van der Waals surface area contributed by atoms with Crippen molar-refractivity contribution in [2.24, 2.45) is 5.92 Å². The van der Waals surface area contributed by atoms with Crippen molar-refractivity contribution < 1.29 is 14.0 Å². The van der Waals surface area contributed by atoms with Gasteiger partial charge in [-0.3, -0.25) is 9.59 Å². The number of carbonyl (C=O) groups is 2. The standard InChI is InChI=1S/C26H25FN8O2/c27-20-7-4-8-21(14-20)34-16-19(13-22(34)36)26(37)33-11-9-32(10-12-33)24-23-25(29-17-28-24)35(31-30-23)15-18-5-2-1-3-6-18/h1-8,14,17,19H,9-13,15-16H2. The lowest BCUT2D eigenvalue weighted by atomic mass is 10.1. The zero-order valence-electron chi connectivity index (χ0n) is 20.1. The molecule has 6 rings (SSSR count). The summed E-state index contributed by atoms with van der Waals surface area (Å²) in [6, 6.07) is 15.9. The van der Waals surface area contributed by atoms with Crippen LogP contribution in [0.4, 0.5) is 15.9 Å². The van der Waals surface area contributed by atoms with Crippen molar-refractivity contribution in [2.75, 3.05) is 42.5 Å². The molecule has 0 spiro atoms. The number of hydrogen-bond donors (Lipinski definition) is 0. The van der Waals surface area contributed by atoms with Crippen LogP contribution < -0.4 is 9.80 Å². The topological polar surface area (TPSA) is 100 Å². The summed E-state index contributed by atoms with van der Waals surface area (Å²) in [5.41, 5.74) is 2.88. The Balaban J connectivity index is 1.12. The van der Waals surface area contributed by atoms with Gasteiger partial charge in [-0.1, -0.05) is 41.6 Å². The SMILES string of the molecule is O=C(C1CC(=O)N(c2cccc(F)c2)C1)N1CCN(c2ncnc3c2nnn3Cc2ccccc2)CC1. The normalized spacial score (nSPS) is 18.1. The van der Waals surface area contributed by atoms with Gasteiger partial charge in [-0.2, -0.15) is 0 Å². The van der Waals surface area contributed by atoms with E-state index in [2.05, 4.69) is 25.2 Å². The second kappa shape index (κ2) is 9.57. The molecule has 0 aliphatic carbocycles. The van der Waals surface area contributed by atoms with Crippen LogP contribution in [-0.4, -0.2) is 74.4 Å². The summed E-state index contributed by atoms with van der Waals surface area (Å²) in [6.45, 7) is 3.00. The molecular formula is C26H25FN8O2. The van der Waals surface area contributed by atoms with E-state index in [0.29, 0.717) is 55.4 Å². The second-order valence-corrected chi connectivity index (χ2v) is 9.30. The number of carbonyl (C=O) groups excluding carboxylic acids is 2. The van der Waals surface area contributed by atoms with Crippen molar-refractivity contribution in [1.29, 1.82) is 0 Å². The van der Waals surface area contributed by atoms with Gasteiger partial charge >= 0.3 is 0 Å². The molecule has 37 heavy (non-hydrogen) atoms. The Kier molecular flexibility index (Phi) is 5.95. The largest absolute Gasteiger partial charge is 0.351 e. The number of amides is 2. The minimum Gasteiger partial charge on any atom is -0.351 e. The van der Waals surface area contributed by atoms with Gasteiger partial charge in [0.1, 0.15) is 12.1 Å². The predicted molar refractivity (Wildman–Crippen MR) is 134 cm³/mol. The molecule has 2 fully saturated rings. The summed E-state index contributed by atoms with van der Waals surface area (Å²) in [6.07, 6.45) is 1.65. The molecule has 2 amide bonds. The van der Waals surface area contributed by atoms with Crippen LogP contribution >= 0.6 is 0 Å². The first-order valence-corrected chi connectivity index (χ1v) is 12.2. The molecule has 1 atom stereocenters. The number of hydrogen-bond acceptors (Lipinski definition) is 7. The van der Waals surface area contributed by atoms with Crippen LogP contribution in [-0.2, 0) is 16.1 Å². The number of benzene rings is 2. The highest BCUT2D eigenvalue weighted by Gasteiger charge is 2.38. The quantitative estimate of drug-likeness (QED) is 0.414. The predicted octanol–water partition coefficient (Wildman–Crippen LogP) is 2.11. The molecule has 2 aromatic heterocycles. The third-order valence-corrected chi connectivity index (χ3v) is 6.94. The van der Waals surface area contributed by atoms with Crippen LogP contribution in [0.3, 0.4) is 0 Å². The molecule has 2 saturated heterocycles. The molecule has 11 heteroatoms.